The highest BCUT2D eigenvalue weighted by molar-refractivity contribution is 5.47. The van der Waals surface area contributed by atoms with E-state index < -0.39 is 0 Å². The number of furan rings is 1. The summed E-state index contributed by atoms with van der Waals surface area (Å²) in [4.78, 5) is 0. The molecule has 0 saturated carbocycles. The van der Waals surface area contributed by atoms with Crippen LogP contribution in [-0.2, 0) is 0 Å². The number of nitriles is 1. The smallest absolute Gasteiger partial charge is 0.168 e. The van der Waals surface area contributed by atoms with Crippen LogP contribution in [0.3, 0.4) is 0 Å². The molecule has 98 valence electrons. The van der Waals surface area contributed by atoms with E-state index in [0.29, 0.717) is 17.9 Å². The second-order valence-corrected chi connectivity index (χ2v) is 4.41. The van der Waals surface area contributed by atoms with Gasteiger partial charge in [0, 0.05) is 6.54 Å². The first-order valence-corrected chi connectivity index (χ1v) is 6.07. The minimum absolute atomic E-state index is 0.319. The Morgan fingerprint density at radius 2 is 2.05 bits per heavy atom. The molecule has 0 radical (unpaired) electrons. The summed E-state index contributed by atoms with van der Waals surface area (Å²) in [5.74, 6) is 1.46. The highest BCUT2D eigenvalue weighted by Gasteiger charge is 2.17. The van der Waals surface area contributed by atoms with Gasteiger partial charge in [0.05, 0.1) is 17.9 Å². The third-order valence-corrected chi connectivity index (χ3v) is 2.92. The third-order valence-electron chi connectivity index (χ3n) is 2.92. The molecule has 0 aliphatic carbocycles. The molecule has 0 saturated heterocycles. The predicted octanol–water partition coefficient (Wildman–Crippen LogP) is 2.85. The molecule has 0 spiro atoms. The molecule has 0 fully saturated rings. The molecule has 4 heteroatoms. The minimum atomic E-state index is -0.319. The number of hydrogen-bond donors (Lipinski definition) is 1. The summed E-state index contributed by atoms with van der Waals surface area (Å²) in [7, 11) is 0. The lowest BCUT2D eigenvalue weighted by Gasteiger charge is -2.19. The van der Waals surface area contributed by atoms with E-state index >= 15 is 0 Å². The quantitative estimate of drug-likeness (QED) is 0.913. The zero-order valence-corrected chi connectivity index (χ0v) is 11.0. The first kappa shape index (κ1) is 13.2. The van der Waals surface area contributed by atoms with Crippen LogP contribution in [0.25, 0.3) is 0 Å². The molecule has 0 aliphatic rings. The molecule has 2 aromatic rings. The molecular formula is C15H16N2O2. The Balaban J connectivity index is 2.30. The van der Waals surface area contributed by atoms with Gasteiger partial charge < -0.3 is 14.9 Å². The Kier molecular flexibility index (Phi) is 3.88. The first-order chi connectivity index (χ1) is 9.15. The third kappa shape index (κ3) is 2.78. The molecule has 2 rings (SSSR count). The maximum absolute atomic E-state index is 8.93. The number of aryl methyl sites for hydroxylation is 2. The molecule has 0 aliphatic heterocycles. The average molecular weight is 256 g/mol. The molecular weight excluding hydrogens is 240 g/mol. The summed E-state index contributed by atoms with van der Waals surface area (Å²) in [5, 5.41) is 8.93. The van der Waals surface area contributed by atoms with E-state index in [1.165, 1.54) is 0 Å². The van der Waals surface area contributed by atoms with Crippen molar-refractivity contribution in [1.29, 1.82) is 5.26 Å². The normalized spacial score (nSPS) is 11.9. The number of benzene rings is 1. The molecule has 1 atom stereocenters. The van der Waals surface area contributed by atoms with Gasteiger partial charge in [0.15, 0.2) is 6.10 Å². The van der Waals surface area contributed by atoms with Gasteiger partial charge in [0.1, 0.15) is 11.5 Å². The van der Waals surface area contributed by atoms with E-state index in [1.54, 1.807) is 24.5 Å². The Morgan fingerprint density at radius 1 is 1.37 bits per heavy atom. The Bertz CT molecular complexity index is 574. The van der Waals surface area contributed by atoms with Crippen molar-refractivity contribution < 1.29 is 9.15 Å². The zero-order chi connectivity index (χ0) is 13.8. The van der Waals surface area contributed by atoms with Gasteiger partial charge in [-0.05, 0) is 49.2 Å². The highest BCUT2D eigenvalue weighted by atomic mass is 16.5. The SMILES string of the molecule is Cc1cc(C#N)cc(C)c1OC(CN)c1ccco1. The lowest BCUT2D eigenvalue weighted by molar-refractivity contribution is 0.181. The van der Waals surface area contributed by atoms with Gasteiger partial charge in [0.2, 0.25) is 0 Å². The highest BCUT2D eigenvalue weighted by Crippen LogP contribution is 2.29. The molecule has 0 amide bonds. The van der Waals surface area contributed by atoms with Crippen molar-refractivity contribution in [2.75, 3.05) is 6.54 Å². The number of hydrogen-bond acceptors (Lipinski definition) is 4. The van der Waals surface area contributed by atoms with E-state index in [0.717, 1.165) is 16.9 Å². The van der Waals surface area contributed by atoms with Crippen molar-refractivity contribution in [2.45, 2.75) is 20.0 Å². The summed E-state index contributed by atoms with van der Waals surface area (Å²) in [6.45, 7) is 4.16. The molecule has 19 heavy (non-hydrogen) atoms. The second kappa shape index (κ2) is 5.59. The predicted molar refractivity (Wildman–Crippen MR) is 71.8 cm³/mol. The van der Waals surface area contributed by atoms with Crippen LogP contribution in [0.1, 0.15) is 28.6 Å². The van der Waals surface area contributed by atoms with Crippen LogP contribution in [0, 0.1) is 25.2 Å². The fourth-order valence-corrected chi connectivity index (χ4v) is 2.04. The van der Waals surface area contributed by atoms with E-state index in [4.69, 9.17) is 20.1 Å². The van der Waals surface area contributed by atoms with E-state index in [1.807, 2.05) is 19.9 Å². The van der Waals surface area contributed by atoms with Crippen molar-refractivity contribution in [1.82, 2.24) is 0 Å². The van der Waals surface area contributed by atoms with E-state index in [2.05, 4.69) is 6.07 Å². The van der Waals surface area contributed by atoms with E-state index in [-0.39, 0.29) is 6.10 Å². The molecule has 1 unspecified atom stereocenters. The molecule has 1 aromatic carbocycles. The van der Waals surface area contributed by atoms with Crippen molar-refractivity contribution in [3.63, 3.8) is 0 Å². The summed E-state index contributed by atoms with van der Waals surface area (Å²) in [6.07, 6.45) is 1.28. The number of nitrogens with zero attached hydrogens (tertiary/aromatic N) is 1. The standard InChI is InChI=1S/C15H16N2O2/c1-10-6-12(8-16)7-11(2)15(10)19-14(9-17)13-4-3-5-18-13/h3-7,14H,9,17H2,1-2H3. The summed E-state index contributed by atoms with van der Waals surface area (Å²) in [6, 6.07) is 9.38. The van der Waals surface area contributed by atoms with Crippen LogP contribution >= 0.6 is 0 Å². The van der Waals surface area contributed by atoms with Crippen LogP contribution in [-0.4, -0.2) is 6.54 Å². The average Bonchev–Trinajstić information content (AvgIpc) is 2.91. The maximum atomic E-state index is 8.93. The van der Waals surface area contributed by atoms with Gasteiger partial charge in [-0.2, -0.15) is 5.26 Å². The summed E-state index contributed by atoms with van der Waals surface area (Å²) < 4.78 is 11.3. The largest absolute Gasteiger partial charge is 0.481 e. The number of ether oxygens (including phenoxy) is 1. The Hall–Kier alpha value is -2.25. The fraction of sp³-hybridized carbons (Fsp3) is 0.267. The van der Waals surface area contributed by atoms with Crippen LogP contribution < -0.4 is 10.5 Å². The van der Waals surface area contributed by atoms with Crippen LogP contribution in [0.4, 0.5) is 0 Å². The monoisotopic (exact) mass is 256 g/mol. The van der Waals surface area contributed by atoms with Crippen molar-refractivity contribution in [3.8, 4) is 11.8 Å². The molecule has 0 bridgehead atoms. The van der Waals surface area contributed by atoms with Gasteiger partial charge in [-0.1, -0.05) is 0 Å². The maximum Gasteiger partial charge on any atom is 0.168 e. The van der Waals surface area contributed by atoms with Crippen LogP contribution in [0.2, 0.25) is 0 Å². The summed E-state index contributed by atoms with van der Waals surface area (Å²) in [5.41, 5.74) is 8.20. The van der Waals surface area contributed by atoms with Crippen LogP contribution in [0.15, 0.2) is 34.9 Å². The fourth-order valence-electron chi connectivity index (χ4n) is 2.04. The van der Waals surface area contributed by atoms with E-state index in [9.17, 15) is 0 Å². The van der Waals surface area contributed by atoms with Crippen molar-refractivity contribution >= 4 is 0 Å². The molecule has 4 nitrogen and oxygen atoms in total. The van der Waals surface area contributed by atoms with Crippen LogP contribution in [0.5, 0.6) is 5.75 Å². The van der Waals surface area contributed by atoms with Crippen molar-refractivity contribution in [2.24, 2.45) is 5.73 Å². The van der Waals surface area contributed by atoms with Gasteiger partial charge in [0.25, 0.3) is 0 Å². The Labute approximate surface area is 112 Å². The van der Waals surface area contributed by atoms with Gasteiger partial charge >= 0.3 is 0 Å². The Morgan fingerprint density at radius 3 is 2.53 bits per heavy atom. The number of nitrogens with two attached hydrogens (primary N) is 1. The van der Waals surface area contributed by atoms with Gasteiger partial charge in [-0.3, -0.25) is 0 Å². The zero-order valence-electron chi connectivity index (χ0n) is 11.0. The lowest BCUT2D eigenvalue weighted by Crippen LogP contribution is -2.18. The molecule has 2 N–H and O–H groups in total. The first-order valence-electron chi connectivity index (χ1n) is 6.07. The molecule has 1 heterocycles. The second-order valence-electron chi connectivity index (χ2n) is 4.41. The molecule has 1 aromatic heterocycles. The minimum Gasteiger partial charge on any atom is -0.481 e. The van der Waals surface area contributed by atoms with Crippen molar-refractivity contribution in [3.05, 3.63) is 53.0 Å². The van der Waals surface area contributed by atoms with Gasteiger partial charge in [-0.25, -0.2) is 0 Å². The summed E-state index contributed by atoms with van der Waals surface area (Å²) >= 11 is 0. The lowest BCUT2D eigenvalue weighted by atomic mass is 10.1. The van der Waals surface area contributed by atoms with Gasteiger partial charge in [-0.15, -0.1) is 0 Å². The number of rotatable bonds is 4. The topological polar surface area (TPSA) is 72.2 Å².